The van der Waals surface area contributed by atoms with E-state index in [0.29, 0.717) is 0 Å². The molecule has 0 aromatic rings. The van der Waals surface area contributed by atoms with Crippen LogP contribution >= 0.6 is 20.7 Å². The Morgan fingerprint density at radius 3 is 1.55 bits per heavy atom. The predicted molar refractivity (Wildman–Crippen MR) is 46.0 cm³/mol. The molecule has 0 aliphatic carbocycles. The van der Waals surface area contributed by atoms with E-state index in [-0.39, 0.29) is 12.4 Å². The van der Waals surface area contributed by atoms with Gasteiger partial charge in [-0.25, -0.2) is 0 Å². The SMILES string of the molecule is C1CCNCC1.Cl.O=[P+](O)O. The second kappa shape index (κ2) is 10.3. The molecule has 0 unspecified atom stereocenters. The normalized spacial score (nSPS) is 15.5. The van der Waals surface area contributed by atoms with Gasteiger partial charge < -0.3 is 5.32 Å². The highest BCUT2D eigenvalue weighted by Crippen LogP contribution is 1.98. The Balaban J connectivity index is 0. The Bertz CT molecular complexity index is 84.2. The minimum Gasteiger partial charge on any atom is -0.317 e. The monoisotopic (exact) mass is 202 g/mol. The molecular weight excluding hydrogens is 188 g/mol. The van der Waals surface area contributed by atoms with E-state index < -0.39 is 8.25 Å². The van der Waals surface area contributed by atoms with Gasteiger partial charge in [-0.3, -0.25) is 0 Å². The minimum atomic E-state index is -2.87. The van der Waals surface area contributed by atoms with Gasteiger partial charge >= 0.3 is 8.25 Å². The summed E-state index contributed by atoms with van der Waals surface area (Å²) in [7, 11) is -2.87. The molecule has 1 saturated heterocycles. The van der Waals surface area contributed by atoms with Gasteiger partial charge in [0.15, 0.2) is 0 Å². The minimum absolute atomic E-state index is 0. The van der Waals surface area contributed by atoms with Crippen molar-refractivity contribution in [2.45, 2.75) is 19.3 Å². The summed E-state index contributed by atoms with van der Waals surface area (Å²) >= 11 is 0. The largest absolute Gasteiger partial charge is 0.692 e. The lowest BCUT2D eigenvalue weighted by atomic mass is 10.2. The summed E-state index contributed by atoms with van der Waals surface area (Å²) in [5, 5.41) is 3.28. The zero-order chi connectivity index (χ0) is 7.82. The average molecular weight is 203 g/mol. The summed E-state index contributed by atoms with van der Waals surface area (Å²) in [6.07, 6.45) is 4.22. The lowest BCUT2D eigenvalue weighted by Gasteiger charge is -2.08. The van der Waals surface area contributed by atoms with Crippen molar-refractivity contribution in [1.82, 2.24) is 5.32 Å². The van der Waals surface area contributed by atoms with Crippen LogP contribution in [0.4, 0.5) is 0 Å². The van der Waals surface area contributed by atoms with Crippen molar-refractivity contribution in [3.8, 4) is 0 Å². The highest BCUT2D eigenvalue weighted by molar-refractivity contribution is 7.30. The first-order chi connectivity index (χ1) is 4.73. The summed E-state index contributed by atoms with van der Waals surface area (Å²) < 4.78 is 8.70. The van der Waals surface area contributed by atoms with Crippen molar-refractivity contribution in [2.75, 3.05) is 13.1 Å². The van der Waals surface area contributed by atoms with Crippen LogP contribution in [0.2, 0.25) is 0 Å². The molecule has 0 aromatic heterocycles. The van der Waals surface area contributed by atoms with Gasteiger partial charge in [0.25, 0.3) is 0 Å². The Morgan fingerprint density at radius 1 is 1.09 bits per heavy atom. The fourth-order valence-electron chi connectivity index (χ4n) is 0.802. The molecule has 68 valence electrons. The molecule has 0 saturated carbocycles. The highest BCUT2D eigenvalue weighted by atomic mass is 35.5. The van der Waals surface area contributed by atoms with Crippen LogP contribution in [0.25, 0.3) is 0 Å². The van der Waals surface area contributed by atoms with Gasteiger partial charge in [0, 0.05) is 4.57 Å². The molecule has 1 fully saturated rings. The average Bonchev–Trinajstić information content (AvgIpc) is 1.90. The third-order valence-electron chi connectivity index (χ3n) is 1.21. The van der Waals surface area contributed by atoms with Crippen LogP contribution in [0.15, 0.2) is 0 Å². The Morgan fingerprint density at radius 2 is 1.45 bits per heavy atom. The maximum atomic E-state index is 8.70. The van der Waals surface area contributed by atoms with Crippen LogP contribution in [0.5, 0.6) is 0 Å². The molecule has 3 N–H and O–H groups in total. The van der Waals surface area contributed by atoms with Gasteiger partial charge in [0.1, 0.15) is 0 Å². The van der Waals surface area contributed by atoms with Crippen molar-refractivity contribution in [2.24, 2.45) is 0 Å². The van der Waals surface area contributed by atoms with Crippen LogP contribution in [0, 0.1) is 0 Å². The van der Waals surface area contributed by atoms with Crippen molar-refractivity contribution >= 4 is 20.7 Å². The number of rotatable bonds is 0. The van der Waals surface area contributed by atoms with Crippen LogP contribution < -0.4 is 5.32 Å². The Kier molecular flexibility index (Phi) is 12.9. The molecule has 0 atom stereocenters. The predicted octanol–water partition coefficient (Wildman–Crippen LogP) is 0.810. The second-order valence-corrected chi connectivity index (χ2v) is 2.57. The van der Waals surface area contributed by atoms with E-state index >= 15 is 0 Å². The number of piperidine rings is 1. The number of hydrogen-bond donors (Lipinski definition) is 3. The first-order valence-corrected chi connectivity index (χ1v) is 4.45. The van der Waals surface area contributed by atoms with Crippen molar-refractivity contribution in [3.63, 3.8) is 0 Å². The molecule has 0 radical (unpaired) electrons. The summed E-state index contributed by atoms with van der Waals surface area (Å²) in [4.78, 5) is 14.2. The second-order valence-electron chi connectivity index (χ2n) is 2.06. The van der Waals surface area contributed by atoms with E-state index in [2.05, 4.69) is 5.32 Å². The molecule has 0 aromatic carbocycles. The fraction of sp³-hybridized carbons (Fsp3) is 1.00. The van der Waals surface area contributed by atoms with Gasteiger partial charge in [-0.1, -0.05) is 6.42 Å². The number of nitrogens with one attached hydrogen (secondary N) is 1. The standard InChI is InChI=1S/C5H11N.ClH.HO3P/c1-2-4-6-5-3-1;;1-4(2)3/h6H,1-5H2;1H;(H-,1,2,3)/p+1. The molecule has 0 bridgehead atoms. The number of hydrogen-bond acceptors (Lipinski definition) is 2. The van der Waals surface area contributed by atoms with E-state index in [0.717, 1.165) is 0 Å². The molecule has 1 aliphatic rings. The molecule has 6 heteroatoms. The van der Waals surface area contributed by atoms with Crippen molar-refractivity contribution < 1.29 is 14.4 Å². The molecule has 11 heavy (non-hydrogen) atoms. The molecule has 0 spiro atoms. The van der Waals surface area contributed by atoms with E-state index in [1.54, 1.807) is 0 Å². The van der Waals surface area contributed by atoms with Gasteiger partial charge in [-0.15, -0.1) is 22.2 Å². The molecular formula is C5H14ClNO3P+. The van der Waals surface area contributed by atoms with Crippen molar-refractivity contribution in [3.05, 3.63) is 0 Å². The topological polar surface area (TPSA) is 69.6 Å². The third kappa shape index (κ3) is 17.9. The van der Waals surface area contributed by atoms with Crippen LogP contribution in [-0.2, 0) is 4.57 Å². The van der Waals surface area contributed by atoms with E-state index in [4.69, 9.17) is 14.4 Å². The lowest BCUT2D eigenvalue weighted by Crippen LogP contribution is -2.21. The van der Waals surface area contributed by atoms with Gasteiger partial charge in [0.05, 0.1) is 0 Å². The lowest BCUT2D eigenvalue weighted by molar-refractivity contribution is 0.405. The summed E-state index contributed by atoms with van der Waals surface area (Å²) in [6.45, 7) is 2.50. The maximum absolute atomic E-state index is 8.70. The molecule has 4 nitrogen and oxygen atoms in total. The van der Waals surface area contributed by atoms with Crippen LogP contribution in [0.3, 0.4) is 0 Å². The summed E-state index contributed by atoms with van der Waals surface area (Å²) in [6, 6.07) is 0. The van der Waals surface area contributed by atoms with Gasteiger partial charge in [-0.05, 0) is 25.9 Å². The van der Waals surface area contributed by atoms with Crippen molar-refractivity contribution in [1.29, 1.82) is 0 Å². The quantitative estimate of drug-likeness (QED) is 0.509. The fourth-order valence-corrected chi connectivity index (χ4v) is 0.802. The summed E-state index contributed by atoms with van der Waals surface area (Å²) in [5.74, 6) is 0. The van der Waals surface area contributed by atoms with Crippen LogP contribution in [-0.4, -0.2) is 22.9 Å². The van der Waals surface area contributed by atoms with E-state index in [1.807, 2.05) is 0 Å². The Hall–Kier alpha value is 0.270. The third-order valence-corrected chi connectivity index (χ3v) is 1.21. The molecule has 0 amide bonds. The summed E-state index contributed by atoms with van der Waals surface area (Å²) in [5.41, 5.74) is 0. The smallest absolute Gasteiger partial charge is 0.317 e. The molecule has 1 heterocycles. The van der Waals surface area contributed by atoms with Gasteiger partial charge in [-0.2, -0.15) is 0 Å². The van der Waals surface area contributed by atoms with Crippen LogP contribution in [0.1, 0.15) is 19.3 Å². The zero-order valence-corrected chi connectivity index (χ0v) is 7.90. The first-order valence-electron chi connectivity index (χ1n) is 3.29. The van der Waals surface area contributed by atoms with E-state index in [9.17, 15) is 0 Å². The Labute approximate surface area is 73.4 Å². The zero-order valence-electron chi connectivity index (χ0n) is 6.19. The first kappa shape index (κ1) is 13.8. The van der Waals surface area contributed by atoms with E-state index in [1.165, 1.54) is 32.4 Å². The number of halogens is 1. The highest BCUT2D eigenvalue weighted by Gasteiger charge is 1.93. The maximum Gasteiger partial charge on any atom is 0.692 e. The molecule has 1 aliphatic heterocycles. The van der Waals surface area contributed by atoms with Gasteiger partial charge in [0.2, 0.25) is 0 Å². The molecule has 1 rings (SSSR count).